The number of piperidine rings is 2. The quantitative estimate of drug-likeness (QED) is 0.439. The Morgan fingerprint density at radius 1 is 0.743 bits per heavy atom. The summed E-state index contributed by atoms with van der Waals surface area (Å²) < 4.78 is 0. The van der Waals surface area contributed by atoms with Crippen molar-refractivity contribution in [3.63, 3.8) is 0 Å². The van der Waals surface area contributed by atoms with Gasteiger partial charge in [0.15, 0.2) is 0 Å². The van der Waals surface area contributed by atoms with Gasteiger partial charge in [-0.25, -0.2) is 0 Å². The van der Waals surface area contributed by atoms with E-state index in [0.29, 0.717) is 11.1 Å². The van der Waals surface area contributed by atoms with Crippen molar-refractivity contribution < 1.29 is 14.6 Å². The van der Waals surface area contributed by atoms with Crippen molar-refractivity contribution in [2.24, 2.45) is 0 Å². The topological polar surface area (TPSA) is 122 Å². The van der Waals surface area contributed by atoms with E-state index >= 15 is 0 Å². The molecule has 0 spiro atoms. The Morgan fingerprint density at radius 2 is 1.20 bits per heavy atom. The molecular weight excluding hydrogens is 450 g/mol. The number of nitrogens with zero attached hydrogens (tertiary/aromatic N) is 4. The predicted molar refractivity (Wildman–Crippen MR) is 134 cm³/mol. The lowest BCUT2D eigenvalue weighted by Crippen LogP contribution is -2.32. The van der Waals surface area contributed by atoms with E-state index in [1.807, 2.05) is 0 Å². The van der Waals surface area contributed by atoms with Crippen molar-refractivity contribution in [2.75, 3.05) is 36.0 Å². The first-order chi connectivity index (χ1) is 16.9. The van der Waals surface area contributed by atoms with Crippen LogP contribution in [0.15, 0.2) is 36.4 Å². The van der Waals surface area contributed by atoms with Gasteiger partial charge in [-0.1, -0.05) is 0 Å². The van der Waals surface area contributed by atoms with Gasteiger partial charge in [0.2, 0.25) is 5.91 Å². The van der Waals surface area contributed by atoms with E-state index in [4.69, 9.17) is 0 Å². The number of nitrogens with one attached hydrogen (secondary N) is 1. The SMILES string of the molecule is O=C(Cc1cc([N+](=O)[O-])ccc1N1CCCCC1)NCc1cc([N+](=O)[O-])ccc1N1CCCCC1. The first kappa shape index (κ1) is 24.4. The zero-order valence-electron chi connectivity index (χ0n) is 19.8. The van der Waals surface area contributed by atoms with Crippen LogP contribution in [0.25, 0.3) is 0 Å². The minimum Gasteiger partial charge on any atom is -0.371 e. The molecule has 0 radical (unpaired) electrons. The number of hydrogen-bond acceptors (Lipinski definition) is 7. The summed E-state index contributed by atoms with van der Waals surface area (Å²) in [6.45, 7) is 3.64. The van der Waals surface area contributed by atoms with Crippen LogP contribution in [0.3, 0.4) is 0 Å². The van der Waals surface area contributed by atoms with Gasteiger partial charge in [-0.3, -0.25) is 25.0 Å². The summed E-state index contributed by atoms with van der Waals surface area (Å²) in [5.74, 6) is -0.278. The standard InChI is InChI=1S/C25H31N5O5/c31-25(17-19-15-21(29(32)33)7-9-23(19)27-11-3-1-4-12-27)26-18-20-16-22(30(34)35)8-10-24(20)28-13-5-2-6-14-28/h7-10,15-16H,1-6,11-14,17-18H2,(H,26,31). The molecule has 0 bridgehead atoms. The van der Waals surface area contributed by atoms with Gasteiger partial charge >= 0.3 is 0 Å². The Bertz CT molecular complexity index is 1090. The van der Waals surface area contributed by atoms with E-state index in [-0.39, 0.29) is 30.2 Å². The zero-order chi connectivity index (χ0) is 24.8. The molecule has 0 atom stereocenters. The Hall–Kier alpha value is -3.69. The minimum atomic E-state index is -0.449. The molecule has 2 heterocycles. The first-order valence-electron chi connectivity index (χ1n) is 12.2. The normalized spacial score (nSPS) is 16.1. The number of amides is 1. The first-order valence-corrected chi connectivity index (χ1v) is 12.2. The van der Waals surface area contributed by atoms with Gasteiger partial charge in [-0.2, -0.15) is 0 Å². The predicted octanol–water partition coefficient (Wildman–Crippen LogP) is 4.34. The second-order valence-electron chi connectivity index (χ2n) is 9.19. The van der Waals surface area contributed by atoms with Crippen LogP contribution in [0.4, 0.5) is 22.7 Å². The zero-order valence-corrected chi connectivity index (χ0v) is 19.8. The van der Waals surface area contributed by atoms with Crippen molar-refractivity contribution in [3.8, 4) is 0 Å². The van der Waals surface area contributed by atoms with Gasteiger partial charge < -0.3 is 15.1 Å². The Balaban J connectivity index is 1.52. The summed E-state index contributed by atoms with van der Waals surface area (Å²) in [4.78, 5) is 39.2. The maximum atomic E-state index is 13.0. The van der Waals surface area contributed by atoms with E-state index in [2.05, 4.69) is 15.1 Å². The van der Waals surface area contributed by atoms with Crippen LogP contribution >= 0.6 is 0 Å². The Morgan fingerprint density at radius 3 is 1.69 bits per heavy atom. The summed E-state index contributed by atoms with van der Waals surface area (Å²) in [6, 6.07) is 9.50. The highest BCUT2D eigenvalue weighted by atomic mass is 16.6. The molecule has 10 heteroatoms. The molecule has 2 aliphatic heterocycles. The monoisotopic (exact) mass is 481 g/mol. The molecule has 2 saturated heterocycles. The van der Waals surface area contributed by atoms with E-state index in [9.17, 15) is 25.0 Å². The number of rotatable bonds is 8. The highest BCUT2D eigenvalue weighted by Crippen LogP contribution is 2.30. The smallest absolute Gasteiger partial charge is 0.269 e. The number of non-ortho nitro benzene ring substituents is 2. The van der Waals surface area contributed by atoms with Crippen molar-refractivity contribution >= 4 is 28.7 Å². The summed E-state index contributed by atoms with van der Waals surface area (Å²) in [6.07, 6.45) is 6.55. The van der Waals surface area contributed by atoms with Gasteiger partial charge in [-0.15, -0.1) is 0 Å². The number of carbonyl (C=O) groups is 1. The van der Waals surface area contributed by atoms with E-state index in [0.717, 1.165) is 76.1 Å². The number of benzene rings is 2. The summed E-state index contributed by atoms with van der Waals surface area (Å²) in [5, 5.41) is 25.6. The lowest BCUT2D eigenvalue weighted by Gasteiger charge is -2.31. The highest BCUT2D eigenvalue weighted by Gasteiger charge is 2.21. The lowest BCUT2D eigenvalue weighted by atomic mass is 10.0. The molecule has 2 aliphatic rings. The average Bonchev–Trinajstić information content (AvgIpc) is 2.88. The van der Waals surface area contributed by atoms with Crippen molar-refractivity contribution in [1.29, 1.82) is 0 Å². The molecule has 4 rings (SSSR count). The molecule has 1 amide bonds. The van der Waals surface area contributed by atoms with E-state index in [1.165, 1.54) is 24.3 Å². The average molecular weight is 482 g/mol. The molecule has 10 nitrogen and oxygen atoms in total. The van der Waals surface area contributed by atoms with Gasteiger partial charge in [0.25, 0.3) is 11.4 Å². The third-order valence-electron chi connectivity index (χ3n) is 6.77. The molecule has 0 unspecified atom stereocenters. The van der Waals surface area contributed by atoms with E-state index < -0.39 is 9.85 Å². The van der Waals surface area contributed by atoms with Crippen LogP contribution < -0.4 is 15.1 Å². The number of hydrogen-bond donors (Lipinski definition) is 1. The molecule has 35 heavy (non-hydrogen) atoms. The van der Waals surface area contributed by atoms with Crippen LogP contribution in [0.5, 0.6) is 0 Å². The molecule has 2 fully saturated rings. The lowest BCUT2D eigenvalue weighted by molar-refractivity contribution is -0.385. The van der Waals surface area contributed by atoms with Crippen LogP contribution in [0.1, 0.15) is 49.7 Å². The number of nitro benzene ring substituents is 2. The molecule has 1 N–H and O–H groups in total. The molecule has 0 saturated carbocycles. The van der Waals surface area contributed by atoms with E-state index in [1.54, 1.807) is 12.1 Å². The molecule has 2 aromatic rings. The largest absolute Gasteiger partial charge is 0.371 e. The molecule has 0 aliphatic carbocycles. The van der Waals surface area contributed by atoms with Gasteiger partial charge in [0.1, 0.15) is 0 Å². The van der Waals surface area contributed by atoms with Crippen molar-refractivity contribution in [3.05, 3.63) is 67.8 Å². The third kappa shape index (κ3) is 6.06. The second kappa shape index (κ2) is 11.2. The summed E-state index contributed by atoms with van der Waals surface area (Å²) in [5.41, 5.74) is 3.02. The summed E-state index contributed by atoms with van der Waals surface area (Å²) in [7, 11) is 0. The van der Waals surface area contributed by atoms with Crippen molar-refractivity contribution in [1.82, 2.24) is 5.32 Å². The molecule has 186 valence electrons. The number of carbonyl (C=O) groups excluding carboxylic acids is 1. The van der Waals surface area contributed by atoms with Crippen LogP contribution in [0.2, 0.25) is 0 Å². The number of nitro groups is 2. The van der Waals surface area contributed by atoms with Crippen LogP contribution in [0, 0.1) is 20.2 Å². The number of anilines is 2. The van der Waals surface area contributed by atoms with Gasteiger partial charge in [0.05, 0.1) is 16.3 Å². The minimum absolute atomic E-state index is 0.00148. The Labute approximate surface area is 204 Å². The fourth-order valence-electron chi connectivity index (χ4n) is 4.97. The maximum Gasteiger partial charge on any atom is 0.269 e. The fraction of sp³-hybridized carbons (Fsp3) is 0.480. The van der Waals surface area contributed by atoms with Crippen LogP contribution in [-0.2, 0) is 17.8 Å². The summed E-state index contributed by atoms with van der Waals surface area (Å²) >= 11 is 0. The van der Waals surface area contributed by atoms with Crippen LogP contribution in [-0.4, -0.2) is 41.9 Å². The van der Waals surface area contributed by atoms with Gasteiger partial charge in [-0.05, 0) is 56.2 Å². The highest BCUT2D eigenvalue weighted by molar-refractivity contribution is 5.81. The fourth-order valence-corrected chi connectivity index (χ4v) is 4.97. The second-order valence-corrected chi connectivity index (χ2v) is 9.19. The molecule has 2 aromatic carbocycles. The molecular formula is C25H31N5O5. The van der Waals surface area contributed by atoms with Gasteiger partial charge in [0, 0.05) is 73.9 Å². The molecule has 0 aromatic heterocycles. The third-order valence-corrected chi connectivity index (χ3v) is 6.77. The van der Waals surface area contributed by atoms with Crippen molar-refractivity contribution in [2.45, 2.75) is 51.5 Å². The maximum absolute atomic E-state index is 13.0. The Kier molecular flexibility index (Phi) is 7.79.